The highest BCUT2D eigenvalue weighted by Crippen LogP contribution is 2.22. The Morgan fingerprint density at radius 3 is 1.00 bits per heavy atom. The monoisotopic (exact) mass is 813 g/mol. The van der Waals surface area contributed by atoms with E-state index in [0.29, 0.717) is 11.8 Å². The Kier molecular flexibility index (Phi) is 24.5. The summed E-state index contributed by atoms with van der Waals surface area (Å²) in [5, 5.41) is 0. The molecule has 290 valence electrons. The molecule has 50 heavy (non-hydrogen) atoms. The maximum absolute atomic E-state index is 5.69. The van der Waals surface area contributed by atoms with Crippen LogP contribution in [0.3, 0.4) is 0 Å². The van der Waals surface area contributed by atoms with Crippen LogP contribution in [0.25, 0.3) is 0 Å². The normalized spacial score (nSPS) is 13.5. The van der Waals surface area contributed by atoms with Crippen LogP contribution in [-0.4, -0.2) is 132 Å². The zero-order valence-electron chi connectivity index (χ0n) is 35.4. The Bertz CT molecular complexity index is 1080. The first kappa shape index (κ1) is 48.9. The highest BCUT2D eigenvalue weighted by Gasteiger charge is 2.25. The maximum atomic E-state index is 5.69. The number of benzene rings is 2. The van der Waals surface area contributed by atoms with Gasteiger partial charge in [-0.1, -0.05) is 98.8 Å². The fraction of sp³-hybridized carbons (Fsp3) is 0.721. The molecule has 2 atom stereocenters. The molecule has 0 amide bonds. The van der Waals surface area contributed by atoms with Crippen LogP contribution in [0.15, 0.2) is 48.5 Å². The summed E-state index contributed by atoms with van der Waals surface area (Å²) in [6, 6.07) is 18.6. The highest BCUT2D eigenvalue weighted by molar-refractivity contribution is 14.1. The molecule has 2 aromatic carbocycles. The average Bonchev–Trinajstić information content (AvgIpc) is 3.06. The van der Waals surface area contributed by atoms with Gasteiger partial charge < -0.3 is 29.4 Å². The molecule has 0 aliphatic rings. The summed E-state index contributed by atoms with van der Waals surface area (Å²) in [4.78, 5) is 1.97. The van der Waals surface area contributed by atoms with Crippen molar-refractivity contribution in [2.75, 3.05) is 114 Å². The molecule has 0 aliphatic heterocycles. The topological polar surface area (TPSA) is 52.0 Å². The molecule has 6 nitrogen and oxygen atoms in total. The quantitative estimate of drug-likeness (QED) is 0.0716. The first-order chi connectivity index (χ1) is 23.4. The Hall–Kier alpha value is -1.07. The van der Waals surface area contributed by atoms with Gasteiger partial charge in [0.2, 0.25) is 0 Å². The van der Waals surface area contributed by atoms with Crippen molar-refractivity contribution in [3.63, 3.8) is 0 Å². The molecule has 0 radical (unpaired) electrons. The summed E-state index contributed by atoms with van der Waals surface area (Å²) >= 11 is 2.15. The van der Waals surface area contributed by atoms with E-state index in [0.717, 1.165) is 70.0 Å². The van der Waals surface area contributed by atoms with Crippen LogP contribution in [0, 0.1) is 0 Å². The first-order valence-electron chi connectivity index (χ1n) is 19.6. The molecule has 0 aromatic heterocycles. The fourth-order valence-electron chi connectivity index (χ4n) is 6.60. The predicted molar refractivity (Wildman–Crippen MR) is 232 cm³/mol. The van der Waals surface area contributed by atoms with Crippen molar-refractivity contribution >= 4 is 22.6 Å². The molecule has 4 N–H and O–H groups in total. The van der Waals surface area contributed by atoms with E-state index >= 15 is 0 Å². The van der Waals surface area contributed by atoms with Crippen molar-refractivity contribution in [3.05, 3.63) is 70.8 Å². The van der Waals surface area contributed by atoms with E-state index in [9.17, 15) is 0 Å². The Morgan fingerprint density at radius 2 is 0.760 bits per heavy atom. The van der Waals surface area contributed by atoms with E-state index in [4.69, 9.17) is 11.5 Å². The molecule has 0 fully saturated rings. The van der Waals surface area contributed by atoms with Gasteiger partial charge in [0.25, 0.3) is 0 Å². The molecular formula is C43H85IN6+4. The number of rotatable bonds is 22. The van der Waals surface area contributed by atoms with E-state index in [1.165, 1.54) is 74.1 Å². The van der Waals surface area contributed by atoms with Gasteiger partial charge in [-0.05, 0) is 53.8 Å². The van der Waals surface area contributed by atoms with Crippen LogP contribution in [0.1, 0.15) is 100 Å². The van der Waals surface area contributed by atoms with Crippen LogP contribution < -0.4 is 11.5 Å². The molecular weight excluding hydrogens is 727 g/mol. The number of hydrogen-bond donors (Lipinski definition) is 2. The lowest BCUT2D eigenvalue weighted by atomic mass is 9.97. The van der Waals surface area contributed by atoms with E-state index in [1.54, 1.807) is 0 Å². The van der Waals surface area contributed by atoms with Crippen molar-refractivity contribution < 1.29 is 17.9 Å². The third kappa shape index (κ3) is 22.1. The molecule has 0 saturated carbocycles. The van der Waals surface area contributed by atoms with E-state index in [2.05, 4.69) is 155 Å². The van der Waals surface area contributed by atoms with Gasteiger partial charge in [-0.15, -0.1) is 0 Å². The van der Waals surface area contributed by atoms with Gasteiger partial charge in [-0.2, -0.15) is 0 Å². The van der Waals surface area contributed by atoms with Crippen LogP contribution in [0.2, 0.25) is 0 Å². The molecule has 7 heteroatoms. The van der Waals surface area contributed by atoms with Crippen molar-refractivity contribution in [1.82, 2.24) is 0 Å². The third-order valence-corrected chi connectivity index (χ3v) is 10.3. The summed E-state index contributed by atoms with van der Waals surface area (Å²) in [5.74, 6) is 1.31. The van der Waals surface area contributed by atoms with E-state index in [1.807, 2.05) is 4.93 Å². The second kappa shape index (κ2) is 25.0. The van der Waals surface area contributed by atoms with Crippen LogP contribution in [0.4, 0.5) is 0 Å². The second-order valence-corrected chi connectivity index (χ2v) is 17.6. The third-order valence-electron chi connectivity index (χ3n) is 10.3. The molecule has 0 heterocycles. The summed E-state index contributed by atoms with van der Waals surface area (Å²) < 4.78 is 4.31. The fourth-order valence-corrected chi connectivity index (χ4v) is 6.60. The molecule has 0 saturated heterocycles. The van der Waals surface area contributed by atoms with E-state index in [-0.39, 0.29) is 0 Å². The highest BCUT2D eigenvalue weighted by atomic mass is 127. The van der Waals surface area contributed by atoms with Crippen LogP contribution in [0.5, 0.6) is 0 Å². The lowest BCUT2D eigenvalue weighted by Gasteiger charge is -2.37. The van der Waals surface area contributed by atoms with Crippen LogP contribution in [-0.2, 0) is 13.1 Å². The molecule has 0 aliphatic carbocycles. The lowest BCUT2D eigenvalue weighted by Crippen LogP contribution is -2.48. The summed E-state index contributed by atoms with van der Waals surface area (Å²) in [6.07, 6.45) is 7.13. The second-order valence-electron chi connectivity index (χ2n) is 17.6. The zero-order chi connectivity index (χ0) is 38.4. The molecule has 2 unspecified atom stereocenters. The molecule has 0 bridgehead atoms. The summed E-state index contributed by atoms with van der Waals surface area (Å²) in [6.45, 7) is 20.2. The van der Waals surface area contributed by atoms with Gasteiger partial charge in [-0.3, -0.25) is 0 Å². The summed E-state index contributed by atoms with van der Waals surface area (Å²) in [5.41, 5.74) is 17.2. The largest absolute Gasteiger partial charge is 0.331 e. The average molecular weight is 813 g/mol. The summed E-state index contributed by atoms with van der Waals surface area (Å²) in [7, 11) is 18.6. The number of halogens is 1. The van der Waals surface area contributed by atoms with Gasteiger partial charge >= 0.3 is 0 Å². The minimum Gasteiger partial charge on any atom is -0.331 e. The smallest absolute Gasteiger partial charge is 0.104 e. The minimum absolute atomic E-state index is 0.648. The zero-order valence-corrected chi connectivity index (χ0v) is 37.6. The minimum atomic E-state index is 0.648. The number of nitrogens with two attached hydrogens (primary N) is 2. The number of alkyl halides is 1. The van der Waals surface area contributed by atoms with Crippen molar-refractivity contribution in [2.24, 2.45) is 11.5 Å². The Labute approximate surface area is 326 Å². The van der Waals surface area contributed by atoms with Gasteiger partial charge in [0, 0.05) is 36.8 Å². The van der Waals surface area contributed by atoms with Gasteiger partial charge in [0.15, 0.2) is 0 Å². The van der Waals surface area contributed by atoms with Crippen molar-refractivity contribution in [2.45, 2.75) is 91.1 Å². The van der Waals surface area contributed by atoms with Gasteiger partial charge in [0.05, 0.1) is 95.6 Å². The SMILES string of the molecule is CCC(C)c1ccc(C[N+](C)(CCCN)CCCN)cc1.CCC(C)c1ccc(C[N+](C)(CCC[N+](C)(C)C)CCC[N+](C)(C)C)cc1.CI. The Balaban J connectivity index is 0.000000940. The van der Waals surface area contributed by atoms with Crippen molar-refractivity contribution in [1.29, 1.82) is 0 Å². The Morgan fingerprint density at radius 1 is 0.480 bits per heavy atom. The number of hydrogen-bond acceptors (Lipinski definition) is 2. The maximum Gasteiger partial charge on any atom is 0.104 e. The molecule has 2 rings (SSSR count). The standard InChI is InChI=1S/C24H48N3.C18H34N3.CH3I/c1-10-22(2)24-15-13-23(14-16-24)21-27(9,19-11-17-25(3,4)5)20-12-18-26(6,7)8;1-4-16(2)18-9-7-17(8-10-18)15-21(3,13-5-11-19)14-6-12-20;1-2/h13-16,22H,10-12,17-21H2,1-9H3;7-10,16H,4-6,11-15,19-20H2,1-3H3;1H3/q+3;+1;. The van der Waals surface area contributed by atoms with Crippen LogP contribution >= 0.6 is 22.6 Å². The lowest BCUT2D eigenvalue weighted by molar-refractivity contribution is -0.933. The van der Waals surface area contributed by atoms with Crippen molar-refractivity contribution in [3.8, 4) is 0 Å². The van der Waals surface area contributed by atoms with E-state index < -0.39 is 0 Å². The molecule has 2 aromatic rings. The number of quaternary nitrogens is 4. The van der Waals surface area contributed by atoms with Gasteiger partial charge in [-0.25, -0.2) is 0 Å². The van der Waals surface area contributed by atoms with Gasteiger partial charge in [0.1, 0.15) is 13.1 Å². The predicted octanol–water partition coefficient (Wildman–Crippen LogP) is 8.23. The number of nitrogens with zero attached hydrogens (tertiary/aromatic N) is 4. The first-order valence-corrected chi connectivity index (χ1v) is 21.8. The molecule has 0 spiro atoms.